The summed E-state index contributed by atoms with van der Waals surface area (Å²) in [6.07, 6.45) is 8.47. The van der Waals surface area contributed by atoms with Crippen LogP contribution in [-0.4, -0.2) is 24.5 Å². The lowest BCUT2D eigenvalue weighted by Crippen LogP contribution is -2.04. The number of aromatic nitrogens is 5. The summed E-state index contributed by atoms with van der Waals surface area (Å²) in [6.45, 7) is 4.29. The average Bonchev–Trinajstić information content (AvgIpc) is 3.16. The average molecular weight is 301 g/mol. The highest BCUT2D eigenvalue weighted by Crippen LogP contribution is 2.24. The van der Waals surface area contributed by atoms with Crippen LogP contribution in [0.25, 0.3) is 11.9 Å². The van der Waals surface area contributed by atoms with E-state index in [1.807, 2.05) is 24.4 Å². The molecule has 1 N–H and O–H groups in total. The fourth-order valence-corrected chi connectivity index (χ4v) is 2.12. The number of hydrogen-bond acceptors (Lipinski definition) is 4. The second-order valence-corrected chi connectivity index (χ2v) is 4.80. The molecular weight excluding hydrogens is 288 g/mol. The van der Waals surface area contributed by atoms with Crippen molar-refractivity contribution in [2.24, 2.45) is 0 Å². The highest BCUT2D eigenvalue weighted by atomic mass is 35.5. The fraction of sp³-hybridized carbons (Fsp3) is 0.0714. The summed E-state index contributed by atoms with van der Waals surface area (Å²) in [7, 11) is 0. The molecule has 6 nitrogen and oxygen atoms in total. The molecule has 0 saturated carbocycles. The van der Waals surface area contributed by atoms with Crippen LogP contribution in [-0.2, 0) is 6.54 Å². The van der Waals surface area contributed by atoms with Crippen LogP contribution in [0.2, 0.25) is 5.02 Å². The first-order chi connectivity index (χ1) is 10.3. The van der Waals surface area contributed by atoms with Crippen LogP contribution in [0.15, 0.2) is 49.8 Å². The molecule has 1 aromatic carbocycles. The SMILES string of the molecule is C=Cn1cc(CNc2cc(Cl)ccc2-n2cncn2)cn1. The standard InChI is InChI=1S/C14H13ClN6/c1-2-20-8-11(7-18-20)6-17-13-5-12(15)3-4-14(13)21-10-16-9-19-21/h2-5,7-10,17H,1,6H2. The molecule has 0 amide bonds. The monoisotopic (exact) mass is 300 g/mol. The minimum Gasteiger partial charge on any atom is -0.379 e. The molecule has 0 unspecified atom stereocenters. The molecule has 7 heteroatoms. The zero-order valence-electron chi connectivity index (χ0n) is 11.1. The van der Waals surface area contributed by atoms with Crippen LogP contribution in [0, 0.1) is 0 Å². The van der Waals surface area contributed by atoms with E-state index in [4.69, 9.17) is 11.6 Å². The topological polar surface area (TPSA) is 60.6 Å². The minimum absolute atomic E-state index is 0.621. The predicted molar refractivity (Wildman–Crippen MR) is 82.3 cm³/mol. The van der Waals surface area contributed by atoms with Crippen molar-refractivity contribution in [1.82, 2.24) is 24.5 Å². The van der Waals surface area contributed by atoms with Gasteiger partial charge in [0.05, 0.1) is 17.6 Å². The highest BCUT2D eigenvalue weighted by Gasteiger charge is 2.07. The Balaban J connectivity index is 1.84. The van der Waals surface area contributed by atoms with Gasteiger partial charge in [-0.15, -0.1) is 0 Å². The normalized spacial score (nSPS) is 10.5. The van der Waals surface area contributed by atoms with Crippen LogP contribution >= 0.6 is 11.6 Å². The fourth-order valence-electron chi connectivity index (χ4n) is 1.95. The Bertz CT molecular complexity index is 747. The number of anilines is 1. The van der Waals surface area contributed by atoms with Gasteiger partial charge in [0.25, 0.3) is 0 Å². The van der Waals surface area contributed by atoms with Gasteiger partial charge in [-0.05, 0) is 18.2 Å². The first kappa shape index (κ1) is 13.4. The molecular formula is C14H13ClN6. The van der Waals surface area contributed by atoms with Crippen LogP contribution in [0.3, 0.4) is 0 Å². The zero-order valence-corrected chi connectivity index (χ0v) is 11.9. The van der Waals surface area contributed by atoms with Gasteiger partial charge in [0, 0.05) is 29.5 Å². The lowest BCUT2D eigenvalue weighted by molar-refractivity contribution is 0.878. The maximum Gasteiger partial charge on any atom is 0.138 e. The van der Waals surface area contributed by atoms with Crippen molar-refractivity contribution in [3.05, 3.63) is 60.4 Å². The molecule has 0 aliphatic heterocycles. The Kier molecular flexibility index (Phi) is 3.70. The van der Waals surface area contributed by atoms with E-state index in [-0.39, 0.29) is 0 Å². The minimum atomic E-state index is 0.621. The number of halogens is 1. The predicted octanol–water partition coefficient (Wildman–Crippen LogP) is 2.83. The van der Waals surface area contributed by atoms with Gasteiger partial charge in [0.1, 0.15) is 12.7 Å². The third kappa shape index (κ3) is 2.95. The molecule has 3 rings (SSSR count). The second kappa shape index (κ2) is 5.80. The van der Waals surface area contributed by atoms with Crippen LogP contribution < -0.4 is 5.32 Å². The van der Waals surface area contributed by atoms with E-state index >= 15 is 0 Å². The smallest absolute Gasteiger partial charge is 0.138 e. The molecule has 0 saturated heterocycles. The Morgan fingerprint density at radius 2 is 2.24 bits per heavy atom. The van der Waals surface area contributed by atoms with Crippen molar-refractivity contribution in [2.75, 3.05) is 5.32 Å². The summed E-state index contributed by atoms with van der Waals surface area (Å²) < 4.78 is 3.35. The van der Waals surface area contributed by atoms with Gasteiger partial charge in [-0.1, -0.05) is 18.2 Å². The van der Waals surface area contributed by atoms with Crippen molar-refractivity contribution in [2.45, 2.75) is 6.54 Å². The molecule has 0 spiro atoms. The van der Waals surface area contributed by atoms with Gasteiger partial charge < -0.3 is 5.32 Å². The Labute approximate surface area is 126 Å². The maximum absolute atomic E-state index is 6.07. The zero-order chi connectivity index (χ0) is 14.7. The Hall–Kier alpha value is -2.60. The number of rotatable bonds is 5. The summed E-state index contributed by atoms with van der Waals surface area (Å²) in [5.74, 6) is 0. The van der Waals surface area contributed by atoms with Gasteiger partial charge in [0.2, 0.25) is 0 Å². The molecule has 0 atom stereocenters. The Morgan fingerprint density at radius 1 is 1.33 bits per heavy atom. The van der Waals surface area contributed by atoms with E-state index in [9.17, 15) is 0 Å². The molecule has 2 heterocycles. The van der Waals surface area contributed by atoms with Gasteiger partial charge in [-0.2, -0.15) is 10.2 Å². The molecule has 0 aliphatic carbocycles. The van der Waals surface area contributed by atoms with Gasteiger partial charge >= 0.3 is 0 Å². The highest BCUT2D eigenvalue weighted by molar-refractivity contribution is 6.31. The van der Waals surface area contributed by atoms with Crippen molar-refractivity contribution >= 4 is 23.5 Å². The van der Waals surface area contributed by atoms with Crippen LogP contribution in [0.4, 0.5) is 5.69 Å². The largest absolute Gasteiger partial charge is 0.379 e. The third-order valence-electron chi connectivity index (χ3n) is 2.95. The molecule has 0 radical (unpaired) electrons. The van der Waals surface area contributed by atoms with E-state index in [0.29, 0.717) is 11.6 Å². The van der Waals surface area contributed by atoms with E-state index in [1.54, 1.807) is 28.1 Å². The van der Waals surface area contributed by atoms with Crippen molar-refractivity contribution in [3.63, 3.8) is 0 Å². The van der Waals surface area contributed by atoms with Gasteiger partial charge in [-0.25, -0.2) is 14.3 Å². The first-order valence-electron chi connectivity index (χ1n) is 6.30. The van der Waals surface area contributed by atoms with Crippen molar-refractivity contribution in [1.29, 1.82) is 0 Å². The number of nitrogens with one attached hydrogen (secondary N) is 1. The van der Waals surface area contributed by atoms with E-state index in [2.05, 4.69) is 27.1 Å². The van der Waals surface area contributed by atoms with Crippen molar-refractivity contribution < 1.29 is 0 Å². The summed E-state index contributed by atoms with van der Waals surface area (Å²) in [6, 6.07) is 5.57. The summed E-state index contributed by atoms with van der Waals surface area (Å²) in [4.78, 5) is 3.96. The molecule has 106 valence electrons. The molecule has 0 bridgehead atoms. The molecule has 3 aromatic rings. The van der Waals surface area contributed by atoms with E-state index in [0.717, 1.165) is 16.9 Å². The molecule has 0 fully saturated rings. The van der Waals surface area contributed by atoms with Crippen molar-refractivity contribution in [3.8, 4) is 5.69 Å². The number of nitrogens with zero attached hydrogens (tertiary/aromatic N) is 5. The van der Waals surface area contributed by atoms with Crippen LogP contribution in [0.1, 0.15) is 5.56 Å². The molecule has 0 aliphatic rings. The summed E-state index contributed by atoms with van der Waals surface area (Å²) in [5.41, 5.74) is 2.80. The number of benzene rings is 1. The first-order valence-corrected chi connectivity index (χ1v) is 6.68. The Morgan fingerprint density at radius 3 is 2.95 bits per heavy atom. The van der Waals surface area contributed by atoms with Crippen LogP contribution in [0.5, 0.6) is 0 Å². The maximum atomic E-state index is 6.07. The van der Waals surface area contributed by atoms with E-state index < -0.39 is 0 Å². The lowest BCUT2D eigenvalue weighted by atomic mass is 10.2. The quantitative estimate of drug-likeness (QED) is 0.787. The summed E-state index contributed by atoms with van der Waals surface area (Å²) in [5, 5.41) is 12.3. The lowest BCUT2D eigenvalue weighted by Gasteiger charge is -2.11. The van der Waals surface area contributed by atoms with E-state index in [1.165, 1.54) is 6.33 Å². The molecule has 2 aromatic heterocycles. The number of hydrogen-bond donors (Lipinski definition) is 1. The second-order valence-electron chi connectivity index (χ2n) is 4.37. The van der Waals surface area contributed by atoms with Gasteiger partial charge in [0.15, 0.2) is 0 Å². The third-order valence-corrected chi connectivity index (χ3v) is 3.18. The van der Waals surface area contributed by atoms with Gasteiger partial charge in [-0.3, -0.25) is 0 Å². The molecule has 21 heavy (non-hydrogen) atoms. The summed E-state index contributed by atoms with van der Waals surface area (Å²) >= 11 is 6.07.